The third kappa shape index (κ3) is 4.32. The molecule has 0 atom stereocenters. The number of thiocarbonyl (C=S) groups is 1. The number of hydrogen-bond donors (Lipinski definition) is 0. The molecule has 1 heterocycles. The summed E-state index contributed by atoms with van der Waals surface area (Å²) in [6.45, 7) is 2.31. The third-order valence-corrected chi connectivity index (χ3v) is 4.52. The van der Waals surface area contributed by atoms with Gasteiger partial charge in [-0.15, -0.1) is 0 Å². The summed E-state index contributed by atoms with van der Waals surface area (Å²) in [4.78, 5) is 25.7. The summed E-state index contributed by atoms with van der Waals surface area (Å²) >= 11 is 12.3. The number of halogens is 1. The van der Waals surface area contributed by atoms with Crippen LogP contribution in [0.4, 0.5) is 0 Å². The fraction of sp³-hybridized carbons (Fsp3) is 0.267. The highest BCUT2D eigenvalue weighted by Crippen LogP contribution is 2.32. The Labute approximate surface area is 143 Å². The molecular weight excluding hydrogens is 342 g/mol. The Bertz CT molecular complexity index is 628. The van der Waals surface area contributed by atoms with E-state index >= 15 is 0 Å². The van der Waals surface area contributed by atoms with Crippen molar-refractivity contribution in [2.45, 2.75) is 13.3 Å². The summed E-state index contributed by atoms with van der Waals surface area (Å²) < 4.78 is 5.31. The quantitative estimate of drug-likeness (QED) is 0.459. The first-order valence-corrected chi connectivity index (χ1v) is 8.28. The lowest BCUT2D eigenvalue weighted by Crippen LogP contribution is -2.30. The first-order valence-electron chi connectivity index (χ1n) is 6.68. The first-order chi connectivity index (χ1) is 10.5. The maximum Gasteiger partial charge on any atom is 0.307 e. The van der Waals surface area contributed by atoms with Gasteiger partial charge >= 0.3 is 5.97 Å². The zero-order valence-electron chi connectivity index (χ0n) is 11.9. The van der Waals surface area contributed by atoms with Gasteiger partial charge in [0.1, 0.15) is 4.32 Å². The minimum absolute atomic E-state index is 0.133. The van der Waals surface area contributed by atoms with E-state index < -0.39 is 0 Å². The smallest absolute Gasteiger partial charge is 0.307 e. The molecule has 4 nitrogen and oxygen atoms in total. The van der Waals surface area contributed by atoms with E-state index in [1.807, 2.05) is 12.1 Å². The lowest BCUT2D eigenvalue weighted by molar-refractivity contribution is -0.143. The molecule has 7 heteroatoms. The lowest BCUT2D eigenvalue weighted by Gasteiger charge is -2.13. The molecule has 0 aromatic heterocycles. The number of carbonyl (C=O) groups is 2. The van der Waals surface area contributed by atoms with Gasteiger partial charge in [-0.3, -0.25) is 14.5 Å². The number of hydrogen-bond acceptors (Lipinski definition) is 5. The van der Waals surface area contributed by atoms with E-state index in [1.54, 1.807) is 25.1 Å². The summed E-state index contributed by atoms with van der Waals surface area (Å²) in [6, 6.07) is 7.17. The molecule has 0 spiro atoms. The minimum Gasteiger partial charge on any atom is -0.466 e. The zero-order valence-corrected chi connectivity index (χ0v) is 14.3. The van der Waals surface area contributed by atoms with Gasteiger partial charge in [-0.05, 0) is 30.7 Å². The molecule has 0 saturated carbocycles. The van der Waals surface area contributed by atoms with Gasteiger partial charge in [0.05, 0.1) is 17.9 Å². The Morgan fingerprint density at radius 3 is 2.73 bits per heavy atom. The standard InChI is InChI=1S/C15H14ClNO3S2/c1-2-20-13(18)7-8-17-14(19)12(22-15(17)21)9-10-3-5-11(16)6-4-10/h3-6,9H,2,7-8H2,1H3/b12-9-. The van der Waals surface area contributed by atoms with Crippen molar-refractivity contribution in [1.29, 1.82) is 0 Å². The molecule has 1 aliphatic heterocycles. The third-order valence-electron chi connectivity index (χ3n) is 2.89. The van der Waals surface area contributed by atoms with E-state index in [0.29, 0.717) is 20.9 Å². The lowest BCUT2D eigenvalue weighted by atomic mass is 10.2. The highest BCUT2D eigenvalue weighted by atomic mass is 35.5. The van der Waals surface area contributed by atoms with E-state index in [0.717, 1.165) is 5.56 Å². The number of nitrogens with zero attached hydrogens (tertiary/aromatic N) is 1. The van der Waals surface area contributed by atoms with Gasteiger partial charge in [0.25, 0.3) is 5.91 Å². The molecular formula is C15H14ClNO3S2. The largest absolute Gasteiger partial charge is 0.466 e. The van der Waals surface area contributed by atoms with Crippen LogP contribution in [0, 0.1) is 0 Å². The van der Waals surface area contributed by atoms with Crippen LogP contribution in [0.5, 0.6) is 0 Å². The average Bonchev–Trinajstić information content (AvgIpc) is 2.74. The van der Waals surface area contributed by atoms with E-state index in [4.69, 9.17) is 28.6 Å². The van der Waals surface area contributed by atoms with E-state index in [-0.39, 0.29) is 24.8 Å². The van der Waals surface area contributed by atoms with Crippen LogP contribution in [-0.4, -0.2) is 34.2 Å². The van der Waals surface area contributed by atoms with Gasteiger partial charge < -0.3 is 4.74 Å². The van der Waals surface area contributed by atoms with Crippen molar-refractivity contribution in [3.63, 3.8) is 0 Å². The molecule has 116 valence electrons. The van der Waals surface area contributed by atoms with Crippen LogP contribution in [0.3, 0.4) is 0 Å². The van der Waals surface area contributed by atoms with Gasteiger partial charge in [0.15, 0.2) is 0 Å². The summed E-state index contributed by atoms with van der Waals surface area (Å²) in [7, 11) is 0. The highest BCUT2D eigenvalue weighted by Gasteiger charge is 2.32. The highest BCUT2D eigenvalue weighted by molar-refractivity contribution is 8.26. The van der Waals surface area contributed by atoms with Crippen molar-refractivity contribution in [1.82, 2.24) is 4.90 Å². The predicted octanol–water partition coefficient (Wildman–Crippen LogP) is 3.49. The van der Waals surface area contributed by atoms with Gasteiger partial charge in [-0.1, -0.05) is 47.7 Å². The van der Waals surface area contributed by atoms with Crippen LogP contribution in [0.2, 0.25) is 5.02 Å². The zero-order chi connectivity index (χ0) is 16.1. The number of rotatable bonds is 5. The molecule has 1 aliphatic rings. The fourth-order valence-electron chi connectivity index (χ4n) is 1.84. The van der Waals surface area contributed by atoms with E-state index in [1.165, 1.54) is 16.7 Å². The number of thioether (sulfide) groups is 1. The van der Waals surface area contributed by atoms with Crippen molar-refractivity contribution in [3.05, 3.63) is 39.8 Å². The maximum absolute atomic E-state index is 12.3. The molecule has 0 N–H and O–H groups in total. The molecule has 2 rings (SSSR count). The Kier molecular flexibility index (Phi) is 5.99. The molecule has 0 radical (unpaired) electrons. The second kappa shape index (κ2) is 7.76. The molecule has 0 aliphatic carbocycles. The van der Waals surface area contributed by atoms with E-state index in [2.05, 4.69) is 0 Å². The van der Waals surface area contributed by atoms with E-state index in [9.17, 15) is 9.59 Å². The molecule has 1 fully saturated rings. The van der Waals surface area contributed by atoms with Gasteiger partial charge in [0, 0.05) is 11.6 Å². The van der Waals surface area contributed by atoms with Crippen molar-refractivity contribution >= 4 is 57.9 Å². The molecule has 0 unspecified atom stereocenters. The fourth-order valence-corrected chi connectivity index (χ4v) is 3.27. The average molecular weight is 356 g/mol. The number of ether oxygens (including phenoxy) is 1. The Morgan fingerprint density at radius 2 is 2.09 bits per heavy atom. The molecule has 1 saturated heterocycles. The number of esters is 1. The number of amides is 1. The van der Waals surface area contributed by atoms with Gasteiger partial charge in [-0.2, -0.15) is 0 Å². The Morgan fingerprint density at radius 1 is 1.41 bits per heavy atom. The summed E-state index contributed by atoms with van der Waals surface area (Å²) in [5.41, 5.74) is 0.871. The molecule has 1 aromatic carbocycles. The molecule has 0 bridgehead atoms. The van der Waals surface area contributed by atoms with Crippen molar-refractivity contribution < 1.29 is 14.3 Å². The first kappa shape index (κ1) is 17.0. The normalized spacial score (nSPS) is 16.5. The topological polar surface area (TPSA) is 46.6 Å². The molecule has 1 amide bonds. The molecule has 22 heavy (non-hydrogen) atoms. The number of carbonyl (C=O) groups excluding carboxylic acids is 2. The van der Waals surface area contributed by atoms with Gasteiger partial charge in [0.2, 0.25) is 0 Å². The molecule has 1 aromatic rings. The summed E-state index contributed by atoms with van der Waals surface area (Å²) in [5.74, 6) is -0.521. The Balaban J connectivity index is 2.05. The SMILES string of the molecule is CCOC(=O)CCN1C(=O)/C(=C/c2ccc(Cl)cc2)SC1=S. The Hall–Kier alpha value is -1.37. The summed E-state index contributed by atoms with van der Waals surface area (Å²) in [5, 5.41) is 0.638. The van der Waals surface area contributed by atoms with Crippen LogP contribution in [0.25, 0.3) is 6.08 Å². The van der Waals surface area contributed by atoms with Crippen molar-refractivity contribution in [2.24, 2.45) is 0 Å². The van der Waals surface area contributed by atoms with Crippen LogP contribution >= 0.6 is 35.6 Å². The van der Waals surface area contributed by atoms with Crippen LogP contribution < -0.4 is 0 Å². The van der Waals surface area contributed by atoms with Crippen molar-refractivity contribution in [2.75, 3.05) is 13.2 Å². The second-order valence-corrected chi connectivity index (χ2v) is 6.55. The number of benzene rings is 1. The second-order valence-electron chi connectivity index (χ2n) is 4.44. The van der Waals surface area contributed by atoms with Gasteiger partial charge in [-0.25, -0.2) is 0 Å². The van der Waals surface area contributed by atoms with Crippen LogP contribution in [-0.2, 0) is 14.3 Å². The van der Waals surface area contributed by atoms with Crippen LogP contribution in [0.15, 0.2) is 29.2 Å². The maximum atomic E-state index is 12.3. The van der Waals surface area contributed by atoms with Crippen LogP contribution in [0.1, 0.15) is 18.9 Å². The minimum atomic E-state index is -0.335. The van der Waals surface area contributed by atoms with Crippen molar-refractivity contribution in [3.8, 4) is 0 Å². The predicted molar refractivity (Wildman–Crippen MR) is 92.6 cm³/mol. The monoisotopic (exact) mass is 355 g/mol. The summed E-state index contributed by atoms with van der Waals surface area (Å²) in [6.07, 6.45) is 1.90.